The van der Waals surface area contributed by atoms with Crippen LogP contribution in [0.25, 0.3) is 0 Å². The number of nitrogens with zero attached hydrogens (tertiary/aromatic N) is 1. The summed E-state index contributed by atoms with van der Waals surface area (Å²) in [4.78, 5) is 11.9. The standard InChI is InChI=1S/C18H20BrClN2O2/c1-11(2)13-5-4-12(3)16(8-13)21-22-18(23)10-24-17-7-6-14(19)9-15(17)20/h4,6-7,9,13H,1,5,8,10H2,2-3H3,(H,22,23)/b21-16+. The third-order valence-corrected chi connectivity index (χ3v) is 4.66. The van der Waals surface area contributed by atoms with Gasteiger partial charge in [-0.15, -0.1) is 0 Å². The van der Waals surface area contributed by atoms with Crippen LogP contribution in [0, 0.1) is 5.92 Å². The molecule has 6 heteroatoms. The maximum Gasteiger partial charge on any atom is 0.277 e. The fourth-order valence-electron chi connectivity index (χ4n) is 2.32. The Morgan fingerprint density at radius 2 is 2.29 bits per heavy atom. The van der Waals surface area contributed by atoms with Gasteiger partial charge in [0.25, 0.3) is 5.91 Å². The fourth-order valence-corrected chi connectivity index (χ4v) is 3.05. The lowest BCUT2D eigenvalue weighted by Gasteiger charge is -2.22. The van der Waals surface area contributed by atoms with Crippen molar-refractivity contribution in [2.24, 2.45) is 11.0 Å². The Bertz CT molecular complexity index is 713. The molecule has 1 unspecified atom stereocenters. The molecule has 0 saturated heterocycles. The summed E-state index contributed by atoms with van der Waals surface area (Å²) in [6.45, 7) is 7.87. The van der Waals surface area contributed by atoms with Crippen molar-refractivity contribution in [1.82, 2.24) is 5.43 Å². The number of carbonyl (C=O) groups excluding carboxylic acids is 1. The number of ether oxygens (including phenoxy) is 1. The molecule has 0 fully saturated rings. The molecule has 1 aromatic rings. The summed E-state index contributed by atoms with van der Waals surface area (Å²) in [6, 6.07) is 5.22. The normalized spacial score (nSPS) is 18.9. The van der Waals surface area contributed by atoms with Crippen molar-refractivity contribution in [2.75, 3.05) is 6.61 Å². The van der Waals surface area contributed by atoms with E-state index in [4.69, 9.17) is 16.3 Å². The molecule has 0 heterocycles. The van der Waals surface area contributed by atoms with Crippen molar-refractivity contribution in [2.45, 2.75) is 26.7 Å². The van der Waals surface area contributed by atoms with E-state index in [1.807, 2.05) is 13.8 Å². The minimum Gasteiger partial charge on any atom is -0.482 e. The van der Waals surface area contributed by atoms with Gasteiger partial charge in [-0.2, -0.15) is 5.10 Å². The van der Waals surface area contributed by atoms with E-state index in [9.17, 15) is 4.79 Å². The largest absolute Gasteiger partial charge is 0.482 e. The zero-order valence-electron chi connectivity index (χ0n) is 13.7. The zero-order chi connectivity index (χ0) is 17.7. The van der Waals surface area contributed by atoms with Crippen LogP contribution in [-0.2, 0) is 4.79 Å². The number of allylic oxidation sites excluding steroid dienone is 3. The van der Waals surface area contributed by atoms with E-state index in [1.54, 1.807) is 18.2 Å². The van der Waals surface area contributed by atoms with Crippen molar-refractivity contribution in [3.63, 3.8) is 0 Å². The predicted molar refractivity (Wildman–Crippen MR) is 102 cm³/mol. The molecule has 1 N–H and O–H groups in total. The summed E-state index contributed by atoms with van der Waals surface area (Å²) < 4.78 is 6.27. The molecule has 0 bridgehead atoms. The molecule has 1 aromatic carbocycles. The van der Waals surface area contributed by atoms with Gasteiger partial charge in [-0.1, -0.05) is 45.8 Å². The third kappa shape index (κ3) is 5.21. The molecule has 1 aliphatic carbocycles. The zero-order valence-corrected chi connectivity index (χ0v) is 16.1. The van der Waals surface area contributed by atoms with Gasteiger partial charge in [-0.3, -0.25) is 4.79 Å². The Morgan fingerprint density at radius 1 is 1.54 bits per heavy atom. The van der Waals surface area contributed by atoms with E-state index in [2.05, 4.69) is 39.1 Å². The van der Waals surface area contributed by atoms with Crippen LogP contribution >= 0.6 is 27.5 Å². The summed E-state index contributed by atoms with van der Waals surface area (Å²) in [5.41, 5.74) is 5.64. The summed E-state index contributed by atoms with van der Waals surface area (Å²) in [5, 5.41) is 4.68. The number of hydrogen-bond acceptors (Lipinski definition) is 3. The molecule has 0 aromatic heterocycles. The molecule has 0 aliphatic heterocycles. The van der Waals surface area contributed by atoms with Crippen LogP contribution in [0.4, 0.5) is 0 Å². The van der Waals surface area contributed by atoms with Crippen LogP contribution in [0.2, 0.25) is 5.02 Å². The molecule has 128 valence electrons. The van der Waals surface area contributed by atoms with E-state index in [-0.39, 0.29) is 12.5 Å². The van der Waals surface area contributed by atoms with Gasteiger partial charge in [0.15, 0.2) is 6.61 Å². The predicted octanol–water partition coefficient (Wildman–Crippen LogP) is 4.89. The first-order chi connectivity index (χ1) is 11.4. The number of hydrogen-bond donors (Lipinski definition) is 1. The average Bonchev–Trinajstić information content (AvgIpc) is 2.53. The molecule has 0 spiro atoms. The Kier molecular flexibility index (Phi) is 6.63. The van der Waals surface area contributed by atoms with Crippen LogP contribution in [0.15, 0.2) is 51.6 Å². The first-order valence-electron chi connectivity index (χ1n) is 7.62. The minimum absolute atomic E-state index is 0.148. The van der Waals surface area contributed by atoms with E-state index in [1.165, 1.54) is 0 Å². The molecule has 0 radical (unpaired) electrons. The van der Waals surface area contributed by atoms with Gasteiger partial charge in [0, 0.05) is 4.47 Å². The van der Waals surface area contributed by atoms with E-state index in [0.717, 1.165) is 34.2 Å². The molecule has 2 rings (SSSR count). The third-order valence-electron chi connectivity index (χ3n) is 3.87. The second kappa shape index (κ2) is 8.49. The molecule has 4 nitrogen and oxygen atoms in total. The molecule has 0 saturated carbocycles. The number of nitrogens with one attached hydrogen (secondary N) is 1. The van der Waals surface area contributed by atoms with Gasteiger partial charge in [0.05, 0.1) is 10.7 Å². The summed E-state index contributed by atoms with van der Waals surface area (Å²) in [6.07, 6.45) is 3.89. The fraction of sp³-hybridized carbons (Fsp3) is 0.333. The lowest BCUT2D eigenvalue weighted by Crippen LogP contribution is -2.27. The molecular formula is C18H20BrClN2O2. The Hall–Kier alpha value is -1.59. The van der Waals surface area contributed by atoms with Crippen molar-refractivity contribution >= 4 is 39.1 Å². The second-order valence-electron chi connectivity index (χ2n) is 5.83. The molecule has 1 amide bonds. The molecule has 1 atom stereocenters. The highest BCUT2D eigenvalue weighted by Crippen LogP contribution is 2.28. The Morgan fingerprint density at radius 3 is 2.96 bits per heavy atom. The quantitative estimate of drug-likeness (QED) is 0.554. The molecular weight excluding hydrogens is 392 g/mol. The molecule has 1 aliphatic rings. The lowest BCUT2D eigenvalue weighted by atomic mass is 9.85. The van der Waals surface area contributed by atoms with E-state index in [0.29, 0.717) is 16.7 Å². The van der Waals surface area contributed by atoms with Crippen LogP contribution in [0.5, 0.6) is 5.75 Å². The highest BCUT2D eigenvalue weighted by Gasteiger charge is 2.18. The highest BCUT2D eigenvalue weighted by atomic mass is 79.9. The van der Waals surface area contributed by atoms with Crippen molar-refractivity contribution in [3.8, 4) is 5.75 Å². The maximum atomic E-state index is 11.9. The topological polar surface area (TPSA) is 50.7 Å². The van der Waals surface area contributed by atoms with Gasteiger partial charge in [-0.25, -0.2) is 5.43 Å². The van der Waals surface area contributed by atoms with Crippen LogP contribution in [0.3, 0.4) is 0 Å². The minimum atomic E-state index is -0.327. The SMILES string of the molecule is C=C(C)C1CC=C(C)/C(=N/NC(=O)COc2ccc(Br)cc2Cl)C1. The van der Waals surface area contributed by atoms with Crippen molar-refractivity contribution in [1.29, 1.82) is 0 Å². The maximum absolute atomic E-state index is 11.9. The lowest BCUT2D eigenvalue weighted by molar-refractivity contribution is -0.123. The molecule has 24 heavy (non-hydrogen) atoms. The number of halogens is 2. The van der Waals surface area contributed by atoms with Crippen molar-refractivity contribution in [3.05, 3.63) is 51.5 Å². The first-order valence-corrected chi connectivity index (χ1v) is 8.79. The number of carbonyl (C=O) groups is 1. The second-order valence-corrected chi connectivity index (χ2v) is 7.15. The number of benzene rings is 1. The summed E-state index contributed by atoms with van der Waals surface area (Å²) >= 11 is 9.36. The number of amides is 1. The first kappa shape index (κ1) is 18.7. The van der Waals surface area contributed by atoms with Gasteiger partial charge >= 0.3 is 0 Å². The average molecular weight is 412 g/mol. The van der Waals surface area contributed by atoms with Crippen LogP contribution in [-0.4, -0.2) is 18.2 Å². The van der Waals surface area contributed by atoms with E-state index < -0.39 is 0 Å². The number of hydrazone groups is 1. The summed E-state index contributed by atoms with van der Waals surface area (Å²) in [7, 11) is 0. The highest BCUT2D eigenvalue weighted by molar-refractivity contribution is 9.10. The van der Waals surface area contributed by atoms with Gasteiger partial charge < -0.3 is 4.74 Å². The van der Waals surface area contributed by atoms with Gasteiger partial charge in [0.1, 0.15) is 5.75 Å². The monoisotopic (exact) mass is 410 g/mol. The van der Waals surface area contributed by atoms with Gasteiger partial charge in [0.2, 0.25) is 0 Å². The smallest absolute Gasteiger partial charge is 0.277 e. The number of rotatable bonds is 5. The van der Waals surface area contributed by atoms with Crippen LogP contribution < -0.4 is 10.2 Å². The van der Waals surface area contributed by atoms with Crippen molar-refractivity contribution < 1.29 is 9.53 Å². The Balaban J connectivity index is 1.91. The van der Waals surface area contributed by atoms with E-state index >= 15 is 0 Å². The Labute approximate surface area is 155 Å². The van der Waals surface area contributed by atoms with Gasteiger partial charge in [-0.05, 0) is 56.4 Å². The van der Waals surface area contributed by atoms with Crippen LogP contribution in [0.1, 0.15) is 26.7 Å². The summed E-state index contributed by atoms with van der Waals surface area (Å²) in [5.74, 6) is 0.507.